The van der Waals surface area contributed by atoms with Crippen molar-refractivity contribution in [3.8, 4) is 16.9 Å². The predicted molar refractivity (Wildman–Crippen MR) is 121 cm³/mol. The first-order chi connectivity index (χ1) is 15.0. The molecular weight excluding hydrogens is 414 g/mol. The van der Waals surface area contributed by atoms with Crippen LogP contribution in [-0.2, 0) is 9.73 Å². The molecule has 4 bridgehead atoms. The van der Waals surface area contributed by atoms with Gasteiger partial charge in [-0.15, -0.1) is 0 Å². The zero-order chi connectivity index (χ0) is 21.8. The van der Waals surface area contributed by atoms with E-state index in [1.165, 1.54) is 0 Å². The Morgan fingerprint density at radius 2 is 2.06 bits per heavy atom. The summed E-state index contributed by atoms with van der Waals surface area (Å²) in [6.45, 7) is -0.109. The SMILES string of the molecule is COc1ccc(-c2cnc3nc2NC(CO)CCCS(=N)(=O)c2cccc(c2)N3)cc1. The lowest BCUT2D eigenvalue weighted by molar-refractivity contribution is 0.268. The van der Waals surface area contributed by atoms with Gasteiger partial charge in [0, 0.05) is 28.1 Å². The molecule has 2 atom stereocenters. The van der Waals surface area contributed by atoms with Crippen molar-refractivity contribution in [3.05, 3.63) is 54.7 Å². The molecule has 0 saturated heterocycles. The van der Waals surface area contributed by atoms with Gasteiger partial charge in [-0.2, -0.15) is 4.98 Å². The standard InChI is InChI=1S/C22H25N5O3S/c1-30-18-9-7-15(8-10-18)20-13-24-22-26-16-4-2-6-19(12-16)31(23,29)11-3-5-17(14-28)25-21(20)27-22/h2,4,6-10,12-13,17,23,28H,3,5,11,14H2,1H3,(H2,24,25,26,27). The van der Waals surface area contributed by atoms with Crippen molar-refractivity contribution < 1.29 is 14.1 Å². The van der Waals surface area contributed by atoms with Crippen LogP contribution in [0.5, 0.6) is 5.75 Å². The van der Waals surface area contributed by atoms with Gasteiger partial charge in [0.1, 0.15) is 11.6 Å². The first-order valence-corrected chi connectivity index (χ1v) is 11.7. The van der Waals surface area contributed by atoms with E-state index in [0.717, 1.165) is 16.9 Å². The van der Waals surface area contributed by atoms with E-state index < -0.39 is 9.73 Å². The molecule has 0 saturated carbocycles. The number of aromatic nitrogens is 2. The minimum Gasteiger partial charge on any atom is -0.497 e. The molecule has 2 unspecified atom stereocenters. The number of ether oxygens (including phenoxy) is 1. The Hall–Kier alpha value is -3.17. The van der Waals surface area contributed by atoms with Crippen molar-refractivity contribution in [1.29, 1.82) is 4.78 Å². The molecule has 31 heavy (non-hydrogen) atoms. The maximum Gasteiger partial charge on any atom is 0.229 e. The molecule has 0 fully saturated rings. The number of hydrogen-bond donors (Lipinski definition) is 4. The van der Waals surface area contributed by atoms with Gasteiger partial charge >= 0.3 is 0 Å². The molecule has 1 aliphatic rings. The van der Waals surface area contributed by atoms with Gasteiger partial charge in [0.25, 0.3) is 0 Å². The number of benzene rings is 2. The van der Waals surface area contributed by atoms with Crippen molar-refractivity contribution in [2.45, 2.75) is 23.8 Å². The van der Waals surface area contributed by atoms with Crippen LogP contribution >= 0.6 is 0 Å². The minimum absolute atomic E-state index is 0.109. The van der Waals surface area contributed by atoms with Crippen molar-refractivity contribution in [1.82, 2.24) is 9.97 Å². The number of nitrogens with zero attached hydrogens (tertiary/aromatic N) is 2. The average Bonchev–Trinajstić information content (AvgIpc) is 2.78. The van der Waals surface area contributed by atoms with Crippen LogP contribution in [0.2, 0.25) is 0 Å². The number of rotatable bonds is 3. The number of aliphatic hydroxyl groups is 1. The third kappa shape index (κ3) is 4.78. The molecule has 0 amide bonds. The summed E-state index contributed by atoms with van der Waals surface area (Å²) in [5.41, 5.74) is 2.37. The molecule has 0 radical (unpaired) electrons. The topological polar surface area (TPSA) is 120 Å². The van der Waals surface area contributed by atoms with Gasteiger partial charge in [-0.1, -0.05) is 18.2 Å². The molecule has 3 aromatic rings. The van der Waals surface area contributed by atoms with Crippen LogP contribution < -0.4 is 15.4 Å². The molecule has 1 aliphatic heterocycles. The maximum atomic E-state index is 12.9. The van der Waals surface area contributed by atoms with Crippen LogP contribution in [0.15, 0.2) is 59.6 Å². The number of methoxy groups -OCH3 is 1. The second kappa shape index (κ2) is 8.91. The van der Waals surface area contributed by atoms with Gasteiger partial charge in [0.15, 0.2) is 0 Å². The summed E-state index contributed by atoms with van der Waals surface area (Å²) < 4.78 is 26.5. The number of nitrogens with one attached hydrogen (secondary N) is 3. The maximum absolute atomic E-state index is 12.9. The van der Waals surface area contributed by atoms with E-state index in [9.17, 15) is 9.32 Å². The van der Waals surface area contributed by atoms with Crippen LogP contribution in [0, 0.1) is 4.78 Å². The van der Waals surface area contributed by atoms with Gasteiger partial charge in [0.2, 0.25) is 5.95 Å². The van der Waals surface area contributed by atoms with E-state index in [0.29, 0.717) is 35.2 Å². The summed E-state index contributed by atoms with van der Waals surface area (Å²) in [6, 6.07) is 14.3. The normalized spacial score (nSPS) is 20.9. The lowest BCUT2D eigenvalue weighted by Crippen LogP contribution is -2.25. The van der Waals surface area contributed by atoms with E-state index >= 15 is 0 Å². The lowest BCUT2D eigenvalue weighted by Gasteiger charge is -2.20. The Labute approximate surface area is 181 Å². The van der Waals surface area contributed by atoms with E-state index in [2.05, 4.69) is 20.6 Å². The van der Waals surface area contributed by atoms with E-state index in [-0.39, 0.29) is 18.4 Å². The Bertz CT molecular complexity index is 1170. The summed E-state index contributed by atoms with van der Waals surface area (Å²) in [6.07, 6.45) is 2.82. The highest BCUT2D eigenvalue weighted by atomic mass is 32.2. The second-order valence-corrected chi connectivity index (χ2v) is 9.61. The molecule has 0 spiro atoms. The molecule has 162 valence electrons. The zero-order valence-electron chi connectivity index (χ0n) is 17.2. The highest BCUT2D eigenvalue weighted by Gasteiger charge is 2.18. The molecular formula is C22H25N5O3S. The van der Waals surface area contributed by atoms with E-state index in [1.807, 2.05) is 30.3 Å². The van der Waals surface area contributed by atoms with Crippen LogP contribution in [0.25, 0.3) is 11.1 Å². The molecule has 4 rings (SSSR count). The van der Waals surface area contributed by atoms with Crippen LogP contribution in [0.4, 0.5) is 17.5 Å². The smallest absolute Gasteiger partial charge is 0.229 e. The van der Waals surface area contributed by atoms with Crippen molar-refractivity contribution in [3.63, 3.8) is 0 Å². The largest absolute Gasteiger partial charge is 0.497 e. The zero-order valence-corrected chi connectivity index (χ0v) is 18.0. The summed E-state index contributed by atoms with van der Waals surface area (Å²) in [5.74, 6) is 1.93. The first kappa shape index (κ1) is 21.1. The highest BCUT2D eigenvalue weighted by Crippen LogP contribution is 2.30. The Morgan fingerprint density at radius 1 is 1.26 bits per heavy atom. The summed E-state index contributed by atoms with van der Waals surface area (Å²) in [7, 11) is -1.31. The molecule has 9 heteroatoms. The number of fused-ring (bicyclic) bond motifs is 4. The quantitative estimate of drug-likeness (QED) is 0.489. The fourth-order valence-electron chi connectivity index (χ4n) is 3.50. The van der Waals surface area contributed by atoms with Crippen molar-refractivity contribution >= 4 is 27.2 Å². The van der Waals surface area contributed by atoms with Crippen LogP contribution in [0.1, 0.15) is 12.8 Å². The second-order valence-electron chi connectivity index (χ2n) is 7.38. The van der Waals surface area contributed by atoms with Gasteiger partial charge in [-0.25, -0.2) is 14.0 Å². The fraction of sp³-hybridized carbons (Fsp3) is 0.273. The van der Waals surface area contributed by atoms with E-state index in [4.69, 9.17) is 9.52 Å². The van der Waals surface area contributed by atoms with Crippen LogP contribution in [0.3, 0.4) is 0 Å². The van der Waals surface area contributed by atoms with Crippen molar-refractivity contribution in [2.24, 2.45) is 0 Å². The first-order valence-electron chi connectivity index (χ1n) is 10.0. The van der Waals surface area contributed by atoms with Crippen molar-refractivity contribution in [2.75, 3.05) is 30.1 Å². The van der Waals surface area contributed by atoms with Gasteiger partial charge in [-0.05, 0) is 48.7 Å². The highest BCUT2D eigenvalue weighted by molar-refractivity contribution is 7.92. The predicted octanol–water partition coefficient (Wildman–Crippen LogP) is 3.87. The van der Waals surface area contributed by atoms with Gasteiger partial charge < -0.3 is 20.5 Å². The summed E-state index contributed by atoms with van der Waals surface area (Å²) >= 11 is 0. The lowest BCUT2D eigenvalue weighted by atomic mass is 10.1. The molecule has 2 aromatic carbocycles. The van der Waals surface area contributed by atoms with Gasteiger partial charge in [0.05, 0.1) is 29.5 Å². The summed E-state index contributed by atoms with van der Waals surface area (Å²) in [5, 5.41) is 16.4. The molecule has 2 heterocycles. The van der Waals surface area contributed by atoms with E-state index in [1.54, 1.807) is 31.5 Å². The van der Waals surface area contributed by atoms with Gasteiger partial charge in [-0.3, -0.25) is 0 Å². The molecule has 0 aliphatic carbocycles. The molecule has 8 nitrogen and oxygen atoms in total. The van der Waals surface area contributed by atoms with Crippen LogP contribution in [-0.4, -0.2) is 44.8 Å². The fourth-order valence-corrected chi connectivity index (χ4v) is 4.92. The molecule has 1 aromatic heterocycles. The number of aliphatic hydroxyl groups excluding tert-OH is 1. The Morgan fingerprint density at radius 3 is 2.81 bits per heavy atom. The Kier molecular flexibility index (Phi) is 6.06. The average molecular weight is 440 g/mol. The third-order valence-electron chi connectivity index (χ3n) is 5.21. The number of hydrogen-bond acceptors (Lipinski definition) is 8. The third-order valence-corrected chi connectivity index (χ3v) is 7.09. The summed E-state index contributed by atoms with van der Waals surface area (Å²) in [4.78, 5) is 9.57. The molecule has 4 N–H and O–H groups in total. The number of anilines is 3. The Balaban J connectivity index is 1.77. The minimum atomic E-state index is -2.93. The monoisotopic (exact) mass is 439 g/mol.